The number of ketones is 1. The van der Waals surface area contributed by atoms with Crippen molar-refractivity contribution in [1.82, 2.24) is 20.5 Å². The van der Waals surface area contributed by atoms with Gasteiger partial charge in [-0.2, -0.15) is 0 Å². The van der Waals surface area contributed by atoms with Crippen LogP contribution >= 0.6 is 58.8 Å². The van der Waals surface area contributed by atoms with Crippen LogP contribution in [0.3, 0.4) is 0 Å². The average Bonchev–Trinajstić information content (AvgIpc) is 4.26. The van der Waals surface area contributed by atoms with E-state index < -0.39 is 0 Å². The fraction of sp³-hybridized carbons (Fsp3) is 0.468. The maximum absolute atomic E-state index is 12.1. The lowest BCUT2D eigenvalue weighted by atomic mass is 9.81. The number of fused-ring (bicyclic) bond motifs is 6. The quantitative estimate of drug-likeness (QED) is 0.109. The molecule has 6 fully saturated rings. The minimum Gasteiger partial charge on any atom is -0.465 e. The van der Waals surface area contributed by atoms with Crippen molar-refractivity contribution >= 4 is 76.5 Å². The number of esters is 2. The van der Waals surface area contributed by atoms with Crippen molar-refractivity contribution < 1.29 is 42.4 Å². The van der Waals surface area contributed by atoms with Crippen LogP contribution in [0.25, 0.3) is 22.5 Å². The Labute approximate surface area is 492 Å². The van der Waals surface area contributed by atoms with Crippen molar-refractivity contribution in [3.63, 3.8) is 0 Å². The first kappa shape index (κ1) is 57.0. The lowest BCUT2D eigenvalue weighted by molar-refractivity contribution is -0.130. The topological polar surface area (TPSA) is 155 Å². The van der Waals surface area contributed by atoms with Gasteiger partial charge < -0.3 is 33.3 Å². The van der Waals surface area contributed by atoms with Crippen molar-refractivity contribution in [2.24, 2.45) is 23.7 Å². The molecule has 4 bridgehead atoms. The third-order valence-electron chi connectivity index (χ3n) is 17.7. The number of nitrogens with one attached hydrogen (secondary N) is 1. The summed E-state index contributed by atoms with van der Waals surface area (Å²) in [5, 5.41) is 14.2. The zero-order valence-corrected chi connectivity index (χ0v) is 48.6. The molecule has 422 valence electrons. The Bertz CT molecular complexity index is 3210. The van der Waals surface area contributed by atoms with Gasteiger partial charge in [0.2, 0.25) is 0 Å². The van der Waals surface area contributed by atoms with Gasteiger partial charge in [-0.15, -0.1) is 12.4 Å². The molecule has 14 rings (SSSR count). The Balaban J connectivity index is 0.000000142. The molecule has 0 saturated heterocycles. The normalized spacial score (nSPS) is 24.2. The number of rotatable bonds is 13. The predicted octanol–water partition coefficient (Wildman–Crippen LogP) is 14.7. The highest BCUT2D eigenvalue weighted by atomic mass is 35.5. The maximum atomic E-state index is 12.1. The van der Waals surface area contributed by atoms with Gasteiger partial charge in [0.05, 0.1) is 70.9 Å². The van der Waals surface area contributed by atoms with Crippen LogP contribution in [-0.2, 0) is 63.1 Å². The number of benzene rings is 4. The van der Waals surface area contributed by atoms with E-state index in [1.165, 1.54) is 49.3 Å². The van der Waals surface area contributed by atoms with Gasteiger partial charge in [0.25, 0.3) is 0 Å². The molecule has 0 radical (unpaired) electrons. The highest BCUT2D eigenvalue weighted by Crippen LogP contribution is 2.51. The zero-order valence-electron chi connectivity index (χ0n) is 44.8. The minimum absolute atomic E-state index is 0. The number of ether oxygens (including phenoxy) is 4. The molecule has 2 aliphatic heterocycles. The van der Waals surface area contributed by atoms with Gasteiger partial charge in [0, 0.05) is 78.1 Å². The molecule has 4 aromatic carbocycles. The molecule has 4 heterocycles. The van der Waals surface area contributed by atoms with Gasteiger partial charge >= 0.3 is 11.9 Å². The summed E-state index contributed by atoms with van der Waals surface area (Å²) in [7, 11) is 2.83. The number of aromatic nitrogens is 2. The number of halogens is 5. The number of hydrogen-bond acceptors (Lipinski definition) is 13. The fourth-order valence-electron chi connectivity index (χ4n) is 13.4. The number of carbonyl (C=O) groups excluding carboxylic acids is 3. The molecule has 1 N–H and O–H groups in total. The third-order valence-corrected chi connectivity index (χ3v) is 18.9. The molecule has 80 heavy (non-hydrogen) atoms. The molecule has 2 aromatic heterocycles. The molecular weight excluding hydrogens is 1120 g/mol. The number of hydrogen-bond donors (Lipinski definition) is 1. The monoisotopic (exact) mass is 1180 g/mol. The van der Waals surface area contributed by atoms with Crippen LogP contribution in [0.15, 0.2) is 81.8 Å². The first-order valence-electron chi connectivity index (χ1n) is 27.9. The molecule has 6 aromatic rings. The molecule has 6 saturated carbocycles. The van der Waals surface area contributed by atoms with Crippen LogP contribution in [0.5, 0.6) is 0 Å². The third kappa shape index (κ3) is 11.9. The van der Waals surface area contributed by atoms with E-state index in [4.69, 9.17) is 69.7 Å². The number of methoxy groups -OCH3 is 2. The second-order valence-electron chi connectivity index (χ2n) is 22.7. The smallest absolute Gasteiger partial charge is 0.337 e. The van der Waals surface area contributed by atoms with Gasteiger partial charge in [-0.1, -0.05) is 81.0 Å². The molecule has 8 aliphatic rings. The Morgan fingerprint density at radius 2 is 1.01 bits per heavy atom. The lowest BCUT2D eigenvalue weighted by Gasteiger charge is -2.40. The predicted molar refractivity (Wildman–Crippen MR) is 307 cm³/mol. The average molecular weight is 1190 g/mol. The van der Waals surface area contributed by atoms with E-state index in [1.807, 2.05) is 60.7 Å². The fourth-order valence-corrected chi connectivity index (χ4v) is 14.6. The van der Waals surface area contributed by atoms with Crippen LogP contribution in [-0.4, -0.2) is 65.4 Å². The zero-order chi connectivity index (χ0) is 54.5. The molecule has 18 heteroatoms. The summed E-state index contributed by atoms with van der Waals surface area (Å²) in [4.78, 5) is 37.9. The second-order valence-corrected chi connectivity index (χ2v) is 24.3. The second kappa shape index (κ2) is 24.6. The van der Waals surface area contributed by atoms with E-state index in [0.29, 0.717) is 96.9 Å². The van der Waals surface area contributed by atoms with Crippen molar-refractivity contribution in [2.45, 2.75) is 147 Å². The SMILES string of the molecule is COC(=O)c1ccc2c(c1)CN(C1C3CCC1CC(OCc1c(-c4c(Cl)cccc4Cl)noc1C1CC1)C3)C2.COC(=O)c1ccc2c(c1)CNC2.Cl.O=C1C2CCC1CC(OCc1c(-c3c(Cl)cccc3Cl)noc1C1CC1)C2. The van der Waals surface area contributed by atoms with Gasteiger partial charge in [0.1, 0.15) is 28.7 Å². The van der Waals surface area contributed by atoms with Crippen molar-refractivity contribution in [1.29, 1.82) is 0 Å². The summed E-state index contributed by atoms with van der Waals surface area (Å²) >= 11 is 25.9. The number of nitrogens with zero attached hydrogens (tertiary/aromatic N) is 3. The first-order valence-corrected chi connectivity index (χ1v) is 29.4. The lowest BCUT2D eigenvalue weighted by Crippen LogP contribution is -2.44. The molecule has 13 nitrogen and oxygen atoms in total. The highest BCUT2D eigenvalue weighted by molar-refractivity contribution is 6.39. The Hall–Kier alpha value is -4.80. The van der Waals surface area contributed by atoms with Crippen LogP contribution in [0, 0.1) is 23.7 Å². The Morgan fingerprint density at radius 1 is 0.575 bits per heavy atom. The molecule has 4 unspecified atom stereocenters. The Kier molecular flexibility index (Phi) is 17.5. The summed E-state index contributed by atoms with van der Waals surface area (Å²) in [6.45, 7) is 4.48. The summed E-state index contributed by atoms with van der Waals surface area (Å²) in [6.07, 6.45) is 13.1. The van der Waals surface area contributed by atoms with Gasteiger partial charge in [-0.25, -0.2) is 9.59 Å². The van der Waals surface area contributed by atoms with Crippen molar-refractivity contribution in [2.75, 3.05) is 14.2 Å². The highest BCUT2D eigenvalue weighted by Gasteiger charge is 2.47. The summed E-state index contributed by atoms with van der Waals surface area (Å²) in [5.41, 5.74) is 11.1. The summed E-state index contributed by atoms with van der Waals surface area (Å²) < 4.78 is 34.0. The molecule has 6 aliphatic carbocycles. The van der Waals surface area contributed by atoms with Crippen LogP contribution in [0.1, 0.15) is 155 Å². The Morgan fingerprint density at radius 3 is 1.50 bits per heavy atom. The largest absolute Gasteiger partial charge is 0.465 e. The molecule has 0 amide bonds. The molecule has 4 atom stereocenters. The van der Waals surface area contributed by atoms with E-state index in [2.05, 4.69) is 31.3 Å². The van der Waals surface area contributed by atoms with Crippen LogP contribution < -0.4 is 5.32 Å². The first-order chi connectivity index (χ1) is 38.4. The van der Waals surface area contributed by atoms with E-state index in [0.717, 1.165) is 119 Å². The van der Waals surface area contributed by atoms with Crippen molar-refractivity contribution in [3.05, 3.63) is 149 Å². The molecule has 0 spiro atoms. The van der Waals surface area contributed by atoms with Crippen molar-refractivity contribution in [3.8, 4) is 22.5 Å². The van der Waals surface area contributed by atoms with Gasteiger partial charge in [0.15, 0.2) is 0 Å². The summed E-state index contributed by atoms with van der Waals surface area (Å²) in [6, 6.07) is 23.2. The summed E-state index contributed by atoms with van der Waals surface area (Å²) in [5.74, 6) is 4.17. The standard InChI is InChI=1S/C31H32Cl2N2O4.C21H21Cl2NO3.C10H11NO2.ClH/c1-37-31(36)20-9-10-21-14-35(15-22(21)11-20)29-18-7-8-19(29)13-23(12-18)38-16-24-28(34-39-30(24)17-5-6-17)27-25(32)3-2-4-26(27)33;22-16-2-1-3-17(23)18(16)19-15(21(27-24-19)11-4-5-11)10-26-14-8-12-6-7-13(9-14)20(12)25;1-13-10(12)7-2-3-8-5-11-6-9(8)4-7;/h2-4,9-11,17-19,23,29H,5-8,12-16H2,1H3;1-3,11-14H,4-10H2;2-4,11H,5-6H2,1H3;1H. The minimum atomic E-state index is -0.272. The molecular formula is C62H65Cl5N4O9. The van der Waals surface area contributed by atoms with E-state index >= 15 is 0 Å². The maximum Gasteiger partial charge on any atom is 0.337 e. The van der Waals surface area contributed by atoms with Crippen LogP contribution in [0.4, 0.5) is 0 Å². The van der Waals surface area contributed by atoms with Gasteiger partial charge in [-0.05, 0) is 160 Å². The van der Waals surface area contributed by atoms with E-state index in [9.17, 15) is 14.4 Å². The van der Waals surface area contributed by atoms with Gasteiger partial charge in [-0.3, -0.25) is 9.69 Å². The van der Waals surface area contributed by atoms with E-state index in [1.54, 1.807) is 6.07 Å². The van der Waals surface area contributed by atoms with E-state index in [-0.39, 0.29) is 48.4 Å². The number of Topliss-reactive ketones (excluding diaryl/α,β-unsaturated/α-hetero) is 1. The van der Waals surface area contributed by atoms with Crippen LogP contribution in [0.2, 0.25) is 20.1 Å². The number of carbonyl (C=O) groups is 3.